The molecule has 0 heterocycles. The number of benzene rings is 3. The van der Waals surface area contributed by atoms with Crippen LogP contribution in [-0.2, 0) is 16.4 Å². The second kappa shape index (κ2) is 10.8. The van der Waals surface area contributed by atoms with E-state index in [1.165, 1.54) is 26.0 Å². The van der Waals surface area contributed by atoms with Gasteiger partial charge in [-0.1, -0.05) is 61.6 Å². The van der Waals surface area contributed by atoms with Gasteiger partial charge >= 0.3 is 6.18 Å². The molecule has 0 aliphatic rings. The molecule has 3 aromatic carbocycles. The number of nitrogens with zero attached hydrogens (tertiary/aromatic N) is 1. The van der Waals surface area contributed by atoms with Crippen molar-refractivity contribution in [1.29, 1.82) is 0 Å². The van der Waals surface area contributed by atoms with Crippen molar-refractivity contribution < 1.29 is 32.4 Å². The monoisotopic (exact) mass is 548 g/mol. The van der Waals surface area contributed by atoms with Gasteiger partial charge in [0.05, 0.1) is 4.92 Å². The fraction of sp³-hybridized carbons (Fsp3) is 0.222. The summed E-state index contributed by atoms with van der Waals surface area (Å²) in [5.41, 5.74) is -6.66. The Bertz CT molecular complexity index is 1410. The molecule has 1 unspecified atom stereocenters. The molecule has 0 aromatic heterocycles. The Morgan fingerprint density at radius 1 is 1.08 bits per heavy atom. The predicted octanol–water partition coefficient (Wildman–Crippen LogP) is 6.50. The molecule has 0 saturated carbocycles. The molecule has 6 nitrogen and oxygen atoms in total. The molecule has 3 aromatic rings. The Labute approximate surface area is 220 Å². The maximum absolute atomic E-state index is 14.7. The highest BCUT2D eigenvalue weighted by Gasteiger charge is 2.43. The van der Waals surface area contributed by atoms with Crippen LogP contribution in [0.3, 0.4) is 0 Å². The highest BCUT2D eigenvalue weighted by atomic mass is 35.5. The Morgan fingerprint density at radius 3 is 2.32 bits per heavy atom. The molecular weight excluding hydrogens is 528 g/mol. The van der Waals surface area contributed by atoms with Crippen LogP contribution in [0.5, 0.6) is 0 Å². The van der Waals surface area contributed by atoms with E-state index in [4.69, 9.17) is 11.6 Å². The molecule has 0 aliphatic carbocycles. The van der Waals surface area contributed by atoms with Gasteiger partial charge in [0.25, 0.3) is 11.6 Å². The summed E-state index contributed by atoms with van der Waals surface area (Å²) in [6.07, 6.45) is -5.60. The largest absolute Gasteiger partial charge is 0.423 e. The SMILES string of the molecule is CC(C)(CC(O)(C#Cc1ccccc1)C(=O)Nc1ccc([N+](=O)[O-])c(C(F)(F)F)c1)c1c(F)cccc1Cl. The van der Waals surface area contributed by atoms with E-state index in [2.05, 4.69) is 17.2 Å². The number of nitro groups is 1. The molecule has 0 spiro atoms. The third-order valence-corrected chi connectivity index (χ3v) is 5.97. The van der Waals surface area contributed by atoms with Gasteiger partial charge < -0.3 is 10.4 Å². The van der Waals surface area contributed by atoms with E-state index in [9.17, 15) is 37.6 Å². The summed E-state index contributed by atoms with van der Waals surface area (Å²) >= 11 is 6.21. The Kier molecular flexibility index (Phi) is 8.15. The number of rotatable bonds is 6. The van der Waals surface area contributed by atoms with E-state index < -0.39 is 57.2 Å². The summed E-state index contributed by atoms with van der Waals surface area (Å²) in [6, 6.07) is 14.1. The van der Waals surface area contributed by atoms with Crippen LogP contribution < -0.4 is 5.32 Å². The van der Waals surface area contributed by atoms with Crippen LogP contribution >= 0.6 is 11.6 Å². The van der Waals surface area contributed by atoms with Gasteiger partial charge in [0, 0.05) is 34.3 Å². The number of carbonyl (C=O) groups excluding carboxylic acids is 1. The van der Waals surface area contributed by atoms with E-state index in [1.54, 1.807) is 30.3 Å². The van der Waals surface area contributed by atoms with Crippen LogP contribution in [0.2, 0.25) is 5.02 Å². The molecule has 0 fully saturated rings. The van der Waals surface area contributed by atoms with Crippen molar-refractivity contribution in [2.75, 3.05) is 5.32 Å². The first-order valence-corrected chi connectivity index (χ1v) is 11.4. The fourth-order valence-electron chi connectivity index (χ4n) is 3.99. The molecule has 0 bridgehead atoms. The summed E-state index contributed by atoms with van der Waals surface area (Å²) in [5.74, 6) is 3.22. The number of hydrogen-bond acceptors (Lipinski definition) is 4. The lowest BCUT2D eigenvalue weighted by atomic mass is 9.74. The van der Waals surface area contributed by atoms with Gasteiger partial charge in [0.15, 0.2) is 0 Å². The Morgan fingerprint density at radius 2 is 1.74 bits per heavy atom. The zero-order chi connectivity index (χ0) is 28.3. The molecule has 0 saturated heterocycles. The molecule has 11 heteroatoms. The molecule has 38 heavy (non-hydrogen) atoms. The zero-order valence-corrected chi connectivity index (χ0v) is 20.8. The van der Waals surface area contributed by atoms with E-state index >= 15 is 0 Å². The van der Waals surface area contributed by atoms with Gasteiger partial charge in [-0.05, 0) is 41.8 Å². The van der Waals surface area contributed by atoms with Crippen molar-refractivity contribution in [2.24, 2.45) is 0 Å². The minimum Gasteiger partial charge on any atom is -0.369 e. The third kappa shape index (κ3) is 6.49. The first-order valence-electron chi connectivity index (χ1n) is 11.1. The van der Waals surface area contributed by atoms with Gasteiger partial charge in [-0.3, -0.25) is 14.9 Å². The number of carbonyl (C=O) groups is 1. The van der Waals surface area contributed by atoms with Crippen LogP contribution in [0.1, 0.15) is 37.0 Å². The number of nitro benzene ring substituents is 1. The number of nitrogens with one attached hydrogen (secondary N) is 1. The molecule has 1 atom stereocenters. The first kappa shape index (κ1) is 28.6. The summed E-state index contributed by atoms with van der Waals surface area (Å²) in [6.45, 7) is 3.04. The topological polar surface area (TPSA) is 92.5 Å². The second-order valence-corrected chi connectivity index (χ2v) is 9.48. The van der Waals surface area contributed by atoms with E-state index in [0.717, 1.165) is 12.1 Å². The van der Waals surface area contributed by atoms with Gasteiger partial charge in [0.1, 0.15) is 11.4 Å². The van der Waals surface area contributed by atoms with Gasteiger partial charge in [0.2, 0.25) is 5.60 Å². The average molecular weight is 549 g/mol. The predicted molar refractivity (Wildman–Crippen MR) is 134 cm³/mol. The molecule has 2 N–H and O–H groups in total. The lowest BCUT2D eigenvalue weighted by Gasteiger charge is -2.33. The standard InChI is InChI=1S/C27H21ClF4N2O4/c1-25(2,23-20(28)9-6-10-21(23)29)16-26(36,14-13-17-7-4-3-5-8-17)24(35)33-18-11-12-22(34(37)38)19(15-18)27(30,31)32/h3-12,15,36H,16H2,1-2H3,(H,33,35). The van der Waals surface area contributed by atoms with Crippen LogP contribution in [0.15, 0.2) is 66.7 Å². The number of amides is 1. The maximum atomic E-state index is 14.7. The average Bonchev–Trinajstić information content (AvgIpc) is 2.82. The van der Waals surface area contributed by atoms with Crippen LogP contribution in [0, 0.1) is 27.8 Å². The number of aliphatic hydroxyl groups is 1. The lowest BCUT2D eigenvalue weighted by molar-refractivity contribution is -0.388. The number of halogens is 5. The second-order valence-electron chi connectivity index (χ2n) is 9.07. The normalized spacial score (nSPS) is 13.2. The van der Waals surface area contributed by atoms with Crippen LogP contribution in [0.4, 0.5) is 28.9 Å². The molecule has 198 valence electrons. The smallest absolute Gasteiger partial charge is 0.369 e. The van der Waals surface area contributed by atoms with Crippen molar-refractivity contribution in [3.8, 4) is 11.8 Å². The van der Waals surface area contributed by atoms with E-state index in [1.807, 2.05) is 0 Å². The van der Waals surface area contributed by atoms with Crippen molar-refractivity contribution in [3.05, 3.63) is 104 Å². The molecule has 0 radical (unpaired) electrons. The number of alkyl halides is 3. The highest BCUT2D eigenvalue weighted by molar-refractivity contribution is 6.31. The number of anilines is 1. The molecule has 0 aliphatic heterocycles. The molecular formula is C27H21ClF4N2O4. The summed E-state index contributed by atoms with van der Waals surface area (Å²) in [5, 5.41) is 24.7. The van der Waals surface area contributed by atoms with Crippen molar-refractivity contribution in [3.63, 3.8) is 0 Å². The van der Waals surface area contributed by atoms with E-state index in [0.29, 0.717) is 17.7 Å². The third-order valence-electron chi connectivity index (χ3n) is 5.66. The zero-order valence-electron chi connectivity index (χ0n) is 20.1. The molecule has 3 rings (SSSR count). The minimum absolute atomic E-state index is 0.00379. The quantitative estimate of drug-likeness (QED) is 0.159. The van der Waals surface area contributed by atoms with Gasteiger partial charge in [-0.15, -0.1) is 0 Å². The summed E-state index contributed by atoms with van der Waals surface area (Å²) in [4.78, 5) is 23.2. The fourth-order valence-corrected chi connectivity index (χ4v) is 4.40. The van der Waals surface area contributed by atoms with Crippen molar-refractivity contribution in [1.82, 2.24) is 0 Å². The van der Waals surface area contributed by atoms with Gasteiger partial charge in [-0.25, -0.2) is 4.39 Å². The lowest BCUT2D eigenvalue weighted by Crippen LogP contribution is -2.46. The van der Waals surface area contributed by atoms with Crippen molar-refractivity contribution in [2.45, 2.75) is 37.5 Å². The Hall–Kier alpha value is -3.94. The van der Waals surface area contributed by atoms with Crippen LogP contribution in [-0.4, -0.2) is 21.5 Å². The number of hydrogen-bond donors (Lipinski definition) is 2. The molecule has 1 amide bonds. The Balaban J connectivity index is 2.06. The minimum atomic E-state index is -5.09. The highest BCUT2D eigenvalue weighted by Crippen LogP contribution is 2.40. The summed E-state index contributed by atoms with van der Waals surface area (Å²) < 4.78 is 55.0. The van der Waals surface area contributed by atoms with Gasteiger partial charge in [-0.2, -0.15) is 13.2 Å². The first-order chi connectivity index (χ1) is 17.6. The van der Waals surface area contributed by atoms with Crippen LogP contribution in [0.25, 0.3) is 0 Å². The summed E-state index contributed by atoms with van der Waals surface area (Å²) in [7, 11) is 0. The van der Waals surface area contributed by atoms with Crippen molar-refractivity contribution >= 4 is 28.9 Å². The maximum Gasteiger partial charge on any atom is 0.423 e. The van der Waals surface area contributed by atoms with E-state index in [-0.39, 0.29) is 10.6 Å².